The summed E-state index contributed by atoms with van der Waals surface area (Å²) in [6, 6.07) is 18.0. The molecule has 1 aromatic heterocycles. The van der Waals surface area contributed by atoms with Crippen molar-refractivity contribution in [3.8, 4) is 5.75 Å². The monoisotopic (exact) mass is 454 g/mol. The fraction of sp³-hybridized carbons (Fsp3) is 0.320. The van der Waals surface area contributed by atoms with Gasteiger partial charge in [0, 0.05) is 35.5 Å². The predicted molar refractivity (Wildman–Crippen MR) is 127 cm³/mol. The number of ether oxygens (including phenoxy) is 1. The number of thiophene rings is 1. The predicted octanol–water partition coefficient (Wildman–Crippen LogP) is 5.43. The van der Waals surface area contributed by atoms with Crippen molar-refractivity contribution in [1.82, 2.24) is 10.2 Å². The summed E-state index contributed by atoms with van der Waals surface area (Å²) in [6.07, 6.45) is 2.69. The van der Waals surface area contributed by atoms with E-state index in [2.05, 4.69) is 22.3 Å². The molecule has 2 heterocycles. The first-order valence-electron chi connectivity index (χ1n) is 10.5. The van der Waals surface area contributed by atoms with E-state index in [4.69, 9.17) is 16.3 Å². The molecule has 4 rings (SSSR count). The molecule has 4 nitrogen and oxygen atoms in total. The second-order valence-corrected chi connectivity index (χ2v) is 9.11. The Labute approximate surface area is 192 Å². The number of halogens is 1. The minimum Gasteiger partial charge on any atom is -0.497 e. The van der Waals surface area contributed by atoms with Crippen LogP contribution in [0, 0.1) is 0 Å². The molecule has 1 N–H and O–H groups in total. The van der Waals surface area contributed by atoms with Crippen LogP contribution < -0.4 is 10.1 Å². The number of likely N-dealkylation sites (N-methyl/N-ethyl adjacent to an activating group) is 1. The first-order valence-corrected chi connectivity index (χ1v) is 11.8. The van der Waals surface area contributed by atoms with Gasteiger partial charge in [-0.3, -0.25) is 9.69 Å². The maximum atomic E-state index is 13.0. The van der Waals surface area contributed by atoms with Crippen LogP contribution in [0.2, 0.25) is 5.02 Å². The van der Waals surface area contributed by atoms with E-state index in [1.165, 1.54) is 16.0 Å². The van der Waals surface area contributed by atoms with Gasteiger partial charge in [-0.15, -0.1) is 11.3 Å². The maximum Gasteiger partial charge on any atom is 0.241 e. The zero-order chi connectivity index (χ0) is 21.8. The van der Waals surface area contributed by atoms with Crippen LogP contribution in [-0.4, -0.2) is 31.5 Å². The van der Waals surface area contributed by atoms with Gasteiger partial charge >= 0.3 is 0 Å². The zero-order valence-corrected chi connectivity index (χ0v) is 19.4. The number of fused-ring (bicyclic) bond motifs is 1. The highest BCUT2D eigenvalue weighted by molar-refractivity contribution is 7.10. The smallest absolute Gasteiger partial charge is 0.241 e. The van der Waals surface area contributed by atoms with E-state index in [0.717, 1.165) is 42.1 Å². The highest BCUT2D eigenvalue weighted by Crippen LogP contribution is 2.44. The molecule has 0 bridgehead atoms. The number of carbonyl (C=O) groups is 1. The lowest BCUT2D eigenvalue weighted by atomic mass is 9.90. The lowest BCUT2D eigenvalue weighted by Crippen LogP contribution is -2.44. The summed E-state index contributed by atoms with van der Waals surface area (Å²) >= 11 is 8.40. The van der Waals surface area contributed by atoms with Gasteiger partial charge in [0.15, 0.2) is 0 Å². The third-order valence-corrected chi connectivity index (χ3v) is 7.50. The third-order valence-electron chi connectivity index (χ3n) is 6.00. The molecule has 2 atom stereocenters. The number of nitrogens with one attached hydrogen (secondary N) is 1. The standard InChI is InChI=1S/C25H27ClN2O2S/c1-27-25(29)24(18-6-4-3-5-7-18)28-15-14-22-23(20(26)16-31-22)21(28)13-10-17-8-11-19(30-2)12-9-17/h3-9,11-12,16,21,24H,10,13-15H2,1-2H3,(H,27,29). The van der Waals surface area contributed by atoms with Gasteiger partial charge in [-0.1, -0.05) is 54.1 Å². The summed E-state index contributed by atoms with van der Waals surface area (Å²) in [6.45, 7) is 0.824. The number of amides is 1. The van der Waals surface area contributed by atoms with Crippen LogP contribution in [0.5, 0.6) is 5.75 Å². The molecule has 0 spiro atoms. The lowest BCUT2D eigenvalue weighted by molar-refractivity contribution is -0.127. The van der Waals surface area contributed by atoms with Crippen molar-refractivity contribution >= 4 is 28.8 Å². The van der Waals surface area contributed by atoms with Crippen LogP contribution in [0.15, 0.2) is 60.0 Å². The summed E-state index contributed by atoms with van der Waals surface area (Å²) in [7, 11) is 3.38. The molecule has 3 aromatic rings. The van der Waals surface area contributed by atoms with Gasteiger partial charge in [0.2, 0.25) is 5.91 Å². The number of aryl methyl sites for hydroxylation is 1. The van der Waals surface area contributed by atoms with Gasteiger partial charge in [-0.2, -0.15) is 0 Å². The van der Waals surface area contributed by atoms with Crippen molar-refractivity contribution in [3.05, 3.63) is 86.6 Å². The van der Waals surface area contributed by atoms with Crippen LogP contribution >= 0.6 is 22.9 Å². The highest BCUT2D eigenvalue weighted by atomic mass is 35.5. The average Bonchev–Trinajstić information content (AvgIpc) is 3.20. The number of benzene rings is 2. The molecule has 0 fully saturated rings. The van der Waals surface area contributed by atoms with E-state index < -0.39 is 0 Å². The van der Waals surface area contributed by atoms with E-state index in [0.29, 0.717) is 0 Å². The highest BCUT2D eigenvalue weighted by Gasteiger charge is 2.38. The van der Waals surface area contributed by atoms with E-state index in [-0.39, 0.29) is 18.0 Å². The molecule has 0 aliphatic carbocycles. The van der Waals surface area contributed by atoms with Crippen LogP contribution in [0.1, 0.15) is 40.1 Å². The van der Waals surface area contributed by atoms with Crippen molar-refractivity contribution in [2.24, 2.45) is 0 Å². The molecule has 0 radical (unpaired) electrons. The molecule has 0 saturated heterocycles. The SMILES string of the molecule is CNC(=O)C(c1ccccc1)N1CCc2scc(Cl)c2C1CCc1ccc(OC)cc1. The van der Waals surface area contributed by atoms with Gasteiger partial charge in [-0.05, 0) is 42.5 Å². The molecule has 1 amide bonds. The van der Waals surface area contributed by atoms with Crippen molar-refractivity contribution in [3.63, 3.8) is 0 Å². The molecule has 2 aromatic carbocycles. The largest absolute Gasteiger partial charge is 0.497 e. The number of hydrogen-bond donors (Lipinski definition) is 1. The minimum atomic E-state index is -0.351. The summed E-state index contributed by atoms with van der Waals surface area (Å²) in [4.78, 5) is 16.7. The van der Waals surface area contributed by atoms with E-state index in [1.807, 2.05) is 47.8 Å². The second-order valence-electron chi connectivity index (χ2n) is 7.74. The van der Waals surface area contributed by atoms with Crippen molar-refractivity contribution in [2.75, 3.05) is 20.7 Å². The van der Waals surface area contributed by atoms with Crippen LogP contribution in [-0.2, 0) is 17.6 Å². The maximum absolute atomic E-state index is 13.0. The van der Waals surface area contributed by atoms with Crippen LogP contribution in [0.25, 0.3) is 0 Å². The molecular formula is C25H27ClN2O2S. The minimum absolute atomic E-state index is 0.00968. The van der Waals surface area contributed by atoms with Crippen LogP contribution in [0.4, 0.5) is 0 Å². The van der Waals surface area contributed by atoms with Gasteiger partial charge in [0.1, 0.15) is 11.8 Å². The molecule has 31 heavy (non-hydrogen) atoms. The molecular weight excluding hydrogens is 428 g/mol. The number of nitrogens with zero attached hydrogens (tertiary/aromatic N) is 1. The van der Waals surface area contributed by atoms with Gasteiger partial charge in [0.05, 0.1) is 12.1 Å². The van der Waals surface area contributed by atoms with E-state index in [1.54, 1.807) is 25.5 Å². The number of methoxy groups -OCH3 is 1. The van der Waals surface area contributed by atoms with Gasteiger partial charge in [-0.25, -0.2) is 0 Å². The molecule has 1 aliphatic heterocycles. The van der Waals surface area contributed by atoms with Gasteiger partial charge < -0.3 is 10.1 Å². The molecule has 0 saturated carbocycles. The quantitative estimate of drug-likeness (QED) is 0.517. The molecule has 162 valence electrons. The normalized spacial score (nSPS) is 17.1. The summed E-state index contributed by atoms with van der Waals surface area (Å²) in [5, 5.41) is 5.72. The zero-order valence-electron chi connectivity index (χ0n) is 17.8. The number of hydrogen-bond acceptors (Lipinski definition) is 4. The topological polar surface area (TPSA) is 41.6 Å². The fourth-order valence-electron chi connectivity index (χ4n) is 4.45. The summed E-state index contributed by atoms with van der Waals surface area (Å²) in [5.41, 5.74) is 3.44. The molecule has 6 heteroatoms. The molecule has 1 aliphatic rings. The van der Waals surface area contributed by atoms with Crippen molar-refractivity contribution in [1.29, 1.82) is 0 Å². The van der Waals surface area contributed by atoms with E-state index in [9.17, 15) is 4.79 Å². The van der Waals surface area contributed by atoms with Gasteiger partial charge in [0.25, 0.3) is 0 Å². The second kappa shape index (κ2) is 9.86. The number of rotatable bonds is 7. The van der Waals surface area contributed by atoms with E-state index >= 15 is 0 Å². The summed E-state index contributed by atoms with van der Waals surface area (Å²) < 4.78 is 5.28. The average molecular weight is 455 g/mol. The Morgan fingerprint density at radius 1 is 1.23 bits per heavy atom. The third kappa shape index (κ3) is 4.64. The van der Waals surface area contributed by atoms with Crippen LogP contribution in [0.3, 0.4) is 0 Å². The van der Waals surface area contributed by atoms with Crippen molar-refractivity contribution < 1.29 is 9.53 Å². The molecule has 2 unspecified atom stereocenters. The Hall–Kier alpha value is -2.34. The fourth-order valence-corrected chi connectivity index (χ4v) is 5.84. The first kappa shape index (κ1) is 21.9. The van der Waals surface area contributed by atoms with Crippen molar-refractivity contribution in [2.45, 2.75) is 31.3 Å². The Morgan fingerprint density at radius 3 is 2.65 bits per heavy atom. The summed E-state index contributed by atoms with van der Waals surface area (Å²) in [5.74, 6) is 0.866. The number of carbonyl (C=O) groups excluding carboxylic acids is 1. The Kier molecular flexibility index (Phi) is 6.96. The Bertz CT molecular complexity index is 1020. The first-order chi connectivity index (χ1) is 15.1. The lowest BCUT2D eigenvalue weighted by Gasteiger charge is -2.41. The Balaban J connectivity index is 1.67. The Morgan fingerprint density at radius 2 is 1.97 bits per heavy atom.